The van der Waals surface area contributed by atoms with Crippen LogP contribution in [0.5, 0.6) is 0 Å². The normalized spacial score (nSPS) is 16.6. The van der Waals surface area contributed by atoms with Crippen LogP contribution in [-0.4, -0.2) is 60.7 Å². The van der Waals surface area contributed by atoms with Crippen molar-refractivity contribution >= 4 is 15.8 Å². The second-order valence-electron chi connectivity index (χ2n) is 7.26. The third kappa shape index (κ3) is 4.00. The Morgan fingerprint density at radius 1 is 1.04 bits per heavy atom. The summed E-state index contributed by atoms with van der Waals surface area (Å²) >= 11 is 0. The van der Waals surface area contributed by atoms with Gasteiger partial charge in [0.2, 0.25) is 10.0 Å². The topological polar surface area (TPSA) is 62.6 Å². The van der Waals surface area contributed by atoms with Crippen LogP contribution in [-0.2, 0) is 17.1 Å². The standard InChI is InChI=1S/C20H27N3O3S/c1-15-6-5-7-18(12-15)27(25,26)23-10-8-22(9-11-23)14-20(24)19-13-16(2)21(4)17(19)3/h5-7,12-13H,8-11,14H2,1-4H3. The molecule has 6 nitrogen and oxygen atoms in total. The van der Waals surface area contributed by atoms with Gasteiger partial charge in [0.1, 0.15) is 0 Å². The Labute approximate surface area is 161 Å². The van der Waals surface area contributed by atoms with Crippen molar-refractivity contribution < 1.29 is 13.2 Å². The third-order valence-corrected chi connectivity index (χ3v) is 7.30. The van der Waals surface area contributed by atoms with Crippen molar-refractivity contribution in [2.75, 3.05) is 32.7 Å². The summed E-state index contributed by atoms with van der Waals surface area (Å²) in [6.45, 7) is 8.06. The molecule has 1 aromatic carbocycles. The Bertz CT molecular complexity index is 955. The fourth-order valence-electron chi connectivity index (χ4n) is 3.48. The molecule has 146 valence electrons. The van der Waals surface area contributed by atoms with Gasteiger partial charge in [-0.15, -0.1) is 0 Å². The predicted molar refractivity (Wildman–Crippen MR) is 106 cm³/mol. The molecule has 0 radical (unpaired) electrons. The van der Waals surface area contributed by atoms with Gasteiger partial charge < -0.3 is 4.57 Å². The molecule has 1 aromatic heterocycles. The highest BCUT2D eigenvalue weighted by atomic mass is 32.2. The van der Waals surface area contributed by atoms with Crippen LogP contribution < -0.4 is 0 Å². The third-order valence-electron chi connectivity index (χ3n) is 5.40. The van der Waals surface area contributed by atoms with E-state index in [2.05, 4.69) is 0 Å². The fraction of sp³-hybridized carbons (Fsp3) is 0.450. The van der Waals surface area contributed by atoms with Gasteiger partial charge in [-0.05, 0) is 44.5 Å². The number of carbonyl (C=O) groups is 1. The zero-order chi connectivity index (χ0) is 19.8. The largest absolute Gasteiger partial charge is 0.351 e. The van der Waals surface area contributed by atoms with Crippen molar-refractivity contribution in [3.05, 3.63) is 52.8 Å². The number of sulfonamides is 1. The van der Waals surface area contributed by atoms with Crippen molar-refractivity contribution in [3.8, 4) is 0 Å². The number of aryl methyl sites for hydroxylation is 2. The van der Waals surface area contributed by atoms with E-state index in [4.69, 9.17) is 0 Å². The maximum absolute atomic E-state index is 12.8. The number of piperazine rings is 1. The molecular formula is C20H27N3O3S. The van der Waals surface area contributed by atoms with E-state index in [0.29, 0.717) is 37.6 Å². The van der Waals surface area contributed by atoms with E-state index < -0.39 is 10.0 Å². The highest BCUT2D eigenvalue weighted by Crippen LogP contribution is 2.19. The molecule has 0 N–H and O–H groups in total. The van der Waals surface area contributed by atoms with Gasteiger partial charge in [0, 0.05) is 50.2 Å². The molecule has 0 saturated carbocycles. The summed E-state index contributed by atoms with van der Waals surface area (Å²) in [6.07, 6.45) is 0. The summed E-state index contributed by atoms with van der Waals surface area (Å²) in [5.41, 5.74) is 3.71. The molecule has 0 spiro atoms. The first-order chi connectivity index (χ1) is 12.7. The summed E-state index contributed by atoms with van der Waals surface area (Å²) in [6, 6.07) is 8.91. The molecule has 0 atom stereocenters. The van der Waals surface area contributed by atoms with Crippen LogP contribution in [0.4, 0.5) is 0 Å². The first kappa shape index (κ1) is 19.8. The smallest absolute Gasteiger partial charge is 0.243 e. The fourth-order valence-corrected chi connectivity index (χ4v) is 5.01. The number of hydrogen-bond acceptors (Lipinski definition) is 4. The highest BCUT2D eigenvalue weighted by Gasteiger charge is 2.29. The minimum atomic E-state index is -3.48. The molecule has 1 aliphatic rings. The molecule has 2 heterocycles. The van der Waals surface area contributed by atoms with E-state index in [1.165, 1.54) is 4.31 Å². The van der Waals surface area contributed by atoms with Crippen LogP contribution in [0.2, 0.25) is 0 Å². The average Bonchev–Trinajstić information content (AvgIpc) is 2.90. The number of benzene rings is 1. The van der Waals surface area contributed by atoms with E-state index >= 15 is 0 Å². The van der Waals surface area contributed by atoms with Crippen LogP contribution >= 0.6 is 0 Å². The van der Waals surface area contributed by atoms with Crippen LogP contribution in [0, 0.1) is 20.8 Å². The van der Waals surface area contributed by atoms with Crippen molar-refractivity contribution in [2.45, 2.75) is 25.7 Å². The number of aromatic nitrogens is 1. The van der Waals surface area contributed by atoms with Gasteiger partial charge >= 0.3 is 0 Å². The van der Waals surface area contributed by atoms with Crippen LogP contribution in [0.15, 0.2) is 35.2 Å². The molecular weight excluding hydrogens is 362 g/mol. The van der Waals surface area contributed by atoms with Crippen LogP contribution in [0.1, 0.15) is 27.3 Å². The lowest BCUT2D eigenvalue weighted by atomic mass is 10.1. The molecule has 1 aliphatic heterocycles. The molecule has 1 fully saturated rings. The number of nitrogens with zero attached hydrogens (tertiary/aromatic N) is 3. The molecule has 27 heavy (non-hydrogen) atoms. The molecule has 1 saturated heterocycles. The zero-order valence-corrected chi connectivity index (χ0v) is 17.2. The first-order valence-electron chi connectivity index (χ1n) is 9.15. The highest BCUT2D eigenvalue weighted by molar-refractivity contribution is 7.89. The van der Waals surface area contributed by atoms with E-state index in [1.807, 2.05) is 49.4 Å². The lowest BCUT2D eigenvalue weighted by molar-refractivity contribution is 0.0901. The molecule has 7 heteroatoms. The molecule has 0 aliphatic carbocycles. The Kier molecular flexibility index (Phi) is 5.55. The molecule has 0 unspecified atom stereocenters. The van der Waals surface area contributed by atoms with Gasteiger partial charge in [-0.1, -0.05) is 12.1 Å². The monoisotopic (exact) mass is 389 g/mol. The van der Waals surface area contributed by atoms with Gasteiger partial charge in [0.05, 0.1) is 11.4 Å². The minimum Gasteiger partial charge on any atom is -0.351 e. The average molecular weight is 390 g/mol. The second-order valence-corrected chi connectivity index (χ2v) is 9.20. The van der Waals surface area contributed by atoms with Gasteiger partial charge in [0.15, 0.2) is 5.78 Å². The van der Waals surface area contributed by atoms with E-state index in [1.54, 1.807) is 18.2 Å². The number of rotatable bonds is 5. The Hall–Kier alpha value is -1.96. The quantitative estimate of drug-likeness (QED) is 0.735. The van der Waals surface area contributed by atoms with E-state index in [-0.39, 0.29) is 5.78 Å². The number of carbonyl (C=O) groups excluding carboxylic acids is 1. The van der Waals surface area contributed by atoms with Gasteiger partial charge in [-0.3, -0.25) is 9.69 Å². The van der Waals surface area contributed by atoms with Crippen molar-refractivity contribution in [3.63, 3.8) is 0 Å². The van der Waals surface area contributed by atoms with E-state index in [9.17, 15) is 13.2 Å². The summed E-state index contributed by atoms with van der Waals surface area (Å²) in [5, 5.41) is 0. The van der Waals surface area contributed by atoms with Gasteiger partial charge in [-0.25, -0.2) is 8.42 Å². The van der Waals surface area contributed by atoms with Crippen molar-refractivity contribution in [1.82, 2.24) is 13.8 Å². The van der Waals surface area contributed by atoms with Crippen LogP contribution in [0.25, 0.3) is 0 Å². The Morgan fingerprint density at radius 3 is 2.26 bits per heavy atom. The predicted octanol–water partition coefficient (Wildman–Crippen LogP) is 2.14. The summed E-state index contributed by atoms with van der Waals surface area (Å²) in [7, 11) is -1.52. The number of ketones is 1. The lowest BCUT2D eigenvalue weighted by Gasteiger charge is -2.33. The summed E-state index contributed by atoms with van der Waals surface area (Å²) < 4.78 is 29.2. The zero-order valence-electron chi connectivity index (χ0n) is 16.4. The molecule has 0 amide bonds. The number of Topliss-reactive ketones (excluding diaryl/α,β-unsaturated/α-hetero) is 1. The maximum atomic E-state index is 12.8. The van der Waals surface area contributed by atoms with Crippen molar-refractivity contribution in [1.29, 1.82) is 0 Å². The number of hydrogen-bond donors (Lipinski definition) is 0. The Balaban J connectivity index is 1.63. The SMILES string of the molecule is Cc1cccc(S(=O)(=O)N2CCN(CC(=O)c3cc(C)n(C)c3C)CC2)c1. The summed E-state index contributed by atoms with van der Waals surface area (Å²) in [4.78, 5) is 15.0. The van der Waals surface area contributed by atoms with Gasteiger partial charge in [0.25, 0.3) is 0 Å². The maximum Gasteiger partial charge on any atom is 0.243 e. The Morgan fingerprint density at radius 2 is 1.70 bits per heavy atom. The summed E-state index contributed by atoms with van der Waals surface area (Å²) in [5.74, 6) is 0.0891. The van der Waals surface area contributed by atoms with E-state index in [0.717, 1.165) is 22.5 Å². The molecule has 2 aromatic rings. The minimum absolute atomic E-state index is 0.0891. The first-order valence-corrected chi connectivity index (χ1v) is 10.6. The second kappa shape index (κ2) is 7.58. The van der Waals surface area contributed by atoms with Gasteiger partial charge in [-0.2, -0.15) is 4.31 Å². The molecule has 0 bridgehead atoms. The van der Waals surface area contributed by atoms with Crippen molar-refractivity contribution in [2.24, 2.45) is 7.05 Å². The lowest BCUT2D eigenvalue weighted by Crippen LogP contribution is -2.49. The van der Waals surface area contributed by atoms with Crippen LogP contribution in [0.3, 0.4) is 0 Å². The molecule has 3 rings (SSSR count).